The van der Waals surface area contributed by atoms with E-state index in [1.165, 1.54) is 0 Å². The summed E-state index contributed by atoms with van der Waals surface area (Å²) in [5.74, 6) is 1.69. The van der Waals surface area contributed by atoms with Crippen LogP contribution in [-0.4, -0.2) is 5.78 Å². The number of hydrogen-bond donors (Lipinski definition) is 1. The Bertz CT molecular complexity index is 1030. The third-order valence-electron chi connectivity index (χ3n) is 4.77. The molecule has 2 N–H and O–H groups in total. The van der Waals surface area contributed by atoms with Crippen LogP contribution >= 0.6 is 15.9 Å². The summed E-state index contributed by atoms with van der Waals surface area (Å²) in [5.41, 5.74) is 6.62. The predicted octanol–water partition coefficient (Wildman–Crippen LogP) is 4.44. The van der Waals surface area contributed by atoms with Gasteiger partial charge in [-0.2, -0.15) is 5.26 Å². The first-order valence-electron chi connectivity index (χ1n) is 8.87. The Morgan fingerprint density at radius 2 is 2.00 bits per heavy atom. The number of furan rings is 1. The number of Topliss-reactive ketones (excluding diaryl/α,β-unsaturated/α-hetero) is 1. The van der Waals surface area contributed by atoms with Crippen molar-refractivity contribution in [3.8, 4) is 11.8 Å². The third-order valence-corrected chi connectivity index (χ3v) is 5.30. The largest absolute Gasteiger partial charge is 0.486 e. The number of carbonyl (C=O) groups excluding carboxylic acids is 1. The molecule has 1 atom stereocenters. The topological polar surface area (TPSA) is 98.5 Å². The Kier molecular flexibility index (Phi) is 4.97. The molecule has 0 radical (unpaired) electrons. The van der Waals surface area contributed by atoms with Crippen molar-refractivity contribution < 1.29 is 18.7 Å². The first kappa shape index (κ1) is 18.4. The van der Waals surface area contributed by atoms with E-state index >= 15 is 0 Å². The fourth-order valence-electron chi connectivity index (χ4n) is 3.45. The van der Waals surface area contributed by atoms with Gasteiger partial charge >= 0.3 is 0 Å². The van der Waals surface area contributed by atoms with Crippen LogP contribution in [-0.2, 0) is 16.1 Å². The van der Waals surface area contributed by atoms with Gasteiger partial charge < -0.3 is 19.6 Å². The molecule has 2 aliphatic rings. The number of halogens is 1. The van der Waals surface area contributed by atoms with Crippen molar-refractivity contribution in [3.05, 3.63) is 75.2 Å². The number of ether oxygens (including phenoxy) is 2. The van der Waals surface area contributed by atoms with Crippen LogP contribution in [0, 0.1) is 11.3 Å². The predicted molar refractivity (Wildman–Crippen MR) is 104 cm³/mol. The van der Waals surface area contributed by atoms with Crippen LogP contribution in [0.4, 0.5) is 0 Å². The smallest absolute Gasteiger partial charge is 0.205 e. The molecular weight excluding hydrogens is 424 g/mol. The molecule has 0 unspecified atom stereocenters. The second-order valence-corrected chi connectivity index (χ2v) is 7.50. The molecular formula is C21H17BrN2O4. The first-order valence-corrected chi connectivity index (χ1v) is 9.67. The summed E-state index contributed by atoms with van der Waals surface area (Å²) in [6.07, 6.45) is 1.76. The quantitative estimate of drug-likeness (QED) is 0.754. The summed E-state index contributed by atoms with van der Waals surface area (Å²) in [6.45, 7) is 0.228. The first-order chi connectivity index (χ1) is 13.6. The van der Waals surface area contributed by atoms with Gasteiger partial charge in [0.1, 0.15) is 41.3 Å². The number of allylic oxidation sites excluding steroid dienone is 3. The maximum absolute atomic E-state index is 12.5. The molecule has 4 rings (SSSR count). The standard InChI is InChI=1S/C21H17BrN2O4/c22-12-4-6-13(7-5-12)26-11-14-8-9-18(27-14)19-15(10-23)21(24)28-17-3-1-2-16(25)20(17)19/h4-9,19H,1-3,11,24H2/t19-/m0/s1. The number of hydrogen-bond acceptors (Lipinski definition) is 6. The summed E-state index contributed by atoms with van der Waals surface area (Å²) in [7, 11) is 0. The minimum absolute atomic E-state index is 0.0319. The Balaban J connectivity index is 1.61. The lowest BCUT2D eigenvalue weighted by Gasteiger charge is -2.29. The van der Waals surface area contributed by atoms with Crippen LogP contribution in [0.25, 0.3) is 0 Å². The summed E-state index contributed by atoms with van der Waals surface area (Å²) >= 11 is 3.38. The SMILES string of the molecule is N#CC1=C(N)OC2=C(C(=O)CCC2)[C@@H]1c1ccc(COc2ccc(Br)cc2)o1. The second kappa shape index (κ2) is 7.56. The van der Waals surface area contributed by atoms with Gasteiger partial charge in [-0.15, -0.1) is 0 Å². The average molecular weight is 441 g/mol. The van der Waals surface area contributed by atoms with Crippen LogP contribution in [0.15, 0.2) is 68.1 Å². The number of nitrogens with two attached hydrogens (primary N) is 1. The molecule has 0 bridgehead atoms. The molecule has 0 saturated carbocycles. The van der Waals surface area contributed by atoms with Crippen LogP contribution in [0.2, 0.25) is 0 Å². The van der Waals surface area contributed by atoms with Gasteiger partial charge in [-0.3, -0.25) is 4.79 Å². The summed E-state index contributed by atoms with van der Waals surface area (Å²) in [5, 5.41) is 9.58. The second-order valence-electron chi connectivity index (χ2n) is 6.59. The highest BCUT2D eigenvalue weighted by molar-refractivity contribution is 9.10. The lowest BCUT2D eigenvalue weighted by molar-refractivity contribution is -0.116. The maximum atomic E-state index is 12.5. The number of carbonyl (C=O) groups is 1. The van der Waals surface area contributed by atoms with Gasteiger partial charge in [0.15, 0.2) is 5.78 Å². The van der Waals surface area contributed by atoms with E-state index in [2.05, 4.69) is 22.0 Å². The zero-order valence-corrected chi connectivity index (χ0v) is 16.5. The van der Waals surface area contributed by atoms with Crippen molar-refractivity contribution in [2.45, 2.75) is 31.8 Å². The minimum atomic E-state index is -0.636. The summed E-state index contributed by atoms with van der Waals surface area (Å²) in [6, 6.07) is 13.1. The lowest BCUT2D eigenvalue weighted by atomic mass is 9.80. The Morgan fingerprint density at radius 1 is 1.21 bits per heavy atom. The van der Waals surface area contributed by atoms with Crippen LogP contribution in [0.5, 0.6) is 5.75 Å². The number of nitrogens with zero attached hydrogens (tertiary/aromatic N) is 1. The van der Waals surface area contributed by atoms with Gasteiger partial charge in [0.2, 0.25) is 5.88 Å². The molecule has 1 aliphatic heterocycles. The van der Waals surface area contributed by atoms with E-state index in [9.17, 15) is 10.1 Å². The molecule has 1 aliphatic carbocycles. The van der Waals surface area contributed by atoms with Gasteiger partial charge in [0, 0.05) is 22.9 Å². The normalized spacial score (nSPS) is 19.1. The van der Waals surface area contributed by atoms with Crippen molar-refractivity contribution in [1.82, 2.24) is 0 Å². The van der Waals surface area contributed by atoms with Crippen LogP contribution in [0.3, 0.4) is 0 Å². The fraction of sp³-hybridized carbons (Fsp3) is 0.238. The van der Waals surface area contributed by atoms with Gasteiger partial charge in [-0.1, -0.05) is 15.9 Å². The van der Waals surface area contributed by atoms with E-state index in [0.29, 0.717) is 47.9 Å². The molecule has 0 amide bonds. The molecule has 0 fully saturated rings. The molecule has 142 valence electrons. The minimum Gasteiger partial charge on any atom is -0.486 e. The monoisotopic (exact) mass is 440 g/mol. The van der Waals surface area contributed by atoms with Crippen molar-refractivity contribution in [3.63, 3.8) is 0 Å². The highest BCUT2D eigenvalue weighted by atomic mass is 79.9. The van der Waals surface area contributed by atoms with E-state index in [0.717, 1.165) is 4.47 Å². The molecule has 1 aromatic heterocycles. The highest BCUT2D eigenvalue weighted by Gasteiger charge is 2.39. The van der Waals surface area contributed by atoms with E-state index in [-0.39, 0.29) is 23.8 Å². The van der Waals surface area contributed by atoms with Gasteiger partial charge in [-0.05, 0) is 42.8 Å². The summed E-state index contributed by atoms with van der Waals surface area (Å²) in [4.78, 5) is 12.5. The van der Waals surface area contributed by atoms with Crippen molar-refractivity contribution in [1.29, 1.82) is 5.26 Å². The van der Waals surface area contributed by atoms with Crippen LogP contribution in [0.1, 0.15) is 36.7 Å². The van der Waals surface area contributed by atoms with Gasteiger partial charge in [-0.25, -0.2) is 0 Å². The molecule has 1 aromatic carbocycles. The molecule has 0 saturated heterocycles. The Hall–Kier alpha value is -2.98. The Labute approximate surface area is 170 Å². The number of ketones is 1. The molecule has 2 heterocycles. The fourth-order valence-corrected chi connectivity index (χ4v) is 3.72. The van der Waals surface area contributed by atoms with E-state index in [1.54, 1.807) is 12.1 Å². The average Bonchev–Trinajstić information content (AvgIpc) is 3.15. The summed E-state index contributed by atoms with van der Waals surface area (Å²) < 4.78 is 18.2. The van der Waals surface area contributed by atoms with Crippen molar-refractivity contribution in [2.24, 2.45) is 5.73 Å². The lowest BCUT2D eigenvalue weighted by Crippen LogP contribution is -2.27. The van der Waals surface area contributed by atoms with Crippen molar-refractivity contribution >= 4 is 21.7 Å². The molecule has 0 spiro atoms. The van der Waals surface area contributed by atoms with E-state index in [4.69, 9.17) is 19.6 Å². The third kappa shape index (κ3) is 3.43. The van der Waals surface area contributed by atoms with E-state index < -0.39 is 5.92 Å². The van der Waals surface area contributed by atoms with Crippen LogP contribution < -0.4 is 10.5 Å². The molecule has 7 heteroatoms. The molecule has 28 heavy (non-hydrogen) atoms. The molecule has 6 nitrogen and oxygen atoms in total. The van der Waals surface area contributed by atoms with Gasteiger partial charge in [0.05, 0.1) is 5.92 Å². The maximum Gasteiger partial charge on any atom is 0.205 e. The number of nitriles is 1. The number of rotatable bonds is 4. The van der Waals surface area contributed by atoms with Gasteiger partial charge in [0.25, 0.3) is 0 Å². The highest BCUT2D eigenvalue weighted by Crippen LogP contribution is 2.43. The number of benzene rings is 1. The zero-order chi connectivity index (χ0) is 19.7. The van der Waals surface area contributed by atoms with Crippen molar-refractivity contribution in [2.75, 3.05) is 0 Å². The van der Waals surface area contributed by atoms with E-state index in [1.807, 2.05) is 24.3 Å². The molecule has 2 aromatic rings. The zero-order valence-electron chi connectivity index (χ0n) is 14.9. The Morgan fingerprint density at radius 3 is 2.75 bits per heavy atom.